The van der Waals surface area contributed by atoms with Gasteiger partial charge in [-0.2, -0.15) is 5.10 Å². The highest BCUT2D eigenvalue weighted by molar-refractivity contribution is 5.94. The van der Waals surface area contributed by atoms with E-state index in [1.54, 1.807) is 25.2 Å². The van der Waals surface area contributed by atoms with Gasteiger partial charge in [-0.25, -0.2) is 9.97 Å². The van der Waals surface area contributed by atoms with Crippen LogP contribution in [0.15, 0.2) is 18.6 Å². The van der Waals surface area contributed by atoms with E-state index < -0.39 is 0 Å². The molecule has 1 atom stereocenters. The van der Waals surface area contributed by atoms with Gasteiger partial charge in [-0.3, -0.25) is 14.8 Å². The Balaban J connectivity index is 1.64. The number of nitrogens with zero attached hydrogens (tertiary/aromatic N) is 5. The van der Waals surface area contributed by atoms with E-state index in [4.69, 9.17) is 0 Å². The number of hydrogen-bond acceptors (Lipinski definition) is 5. The first-order valence-corrected chi connectivity index (χ1v) is 8.73. The average molecular weight is 342 g/mol. The molecule has 2 aromatic rings. The van der Waals surface area contributed by atoms with Crippen LogP contribution in [-0.4, -0.2) is 63.1 Å². The lowest BCUT2D eigenvalue weighted by molar-refractivity contribution is 0.0826. The van der Waals surface area contributed by atoms with Crippen molar-refractivity contribution in [3.8, 4) is 0 Å². The molecule has 3 rings (SSSR count). The highest BCUT2D eigenvalue weighted by atomic mass is 16.2. The largest absolute Gasteiger partial charge is 0.345 e. The standard InChI is InChI=1S/C18H26N6O/c1-12(2)17-19-7-13(8-20-17)10-24-6-5-14(11-24)16-15(9-21-22-16)18(25)23(3)4/h7-9,12,14H,5-6,10-11H2,1-4H3,(H,21,22). The zero-order chi connectivity index (χ0) is 18.0. The molecule has 1 saturated heterocycles. The maximum Gasteiger partial charge on any atom is 0.256 e. The fourth-order valence-electron chi connectivity index (χ4n) is 3.23. The maximum absolute atomic E-state index is 12.3. The number of amides is 1. The Bertz CT molecular complexity index is 721. The Morgan fingerprint density at radius 1 is 1.32 bits per heavy atom. The van der Waals surface area contributed by atoms with Crippen LogP contribution in [-0.2, 0) is 6.54 Å². The van der Waals surface area contributed by atoms with E-state index in [0.717, 1.165) is 43.1 Å². The number of rotatable bonds is 5. The van der Waals surface area contributed by atoms with Gasteiger partial charge in [0.05, 0.1) is 17.5 Å². The maximum atomic E-state index is 12.3. The van der Waals surface area contributed by atoms with Gasteiger partial charge in [0.1, 0.15) is 5.82 Å². The van der Waals surface area contributed by atoms with Crippen molar-refractivity contribution in [2.75, 3.05) is 27.2 Å². The Kier molecular flexibility index (Phi) is 5.13. The highest BCUT2D eigenvalue weighted by Crippen LogP contribution is 2.29. The minimum Gasteiger partial charge on any atom is -0.345 e. The average Bonchev–Trinajstić information content (AvgIpc) is 3.23. The topological polar surface area (TPSA) is 78.0 Å². The lowest BCUT2D eigenvalue weighted by Crippen LogP contribution is -2.24. The third-order valence-electron chi connectivity index (χ3n) is 4.63. The summed E-state index contributed by atoms with van der Waals surface area (Å²) < 4.78 is 0. The summed E-state index contributed by atoms with van der Waals surface area (Å²) in [7, 11) is 3.53. The summed E-state index contributed by atoms with van der Waals surface area (Å²) in [6.07, 6.45) is 6.50. The van der Waals surface area contributed by atoms with Crippen LogP contribution in [0.25, 0.3) is 0 Å². The monoisotopic (exact) mass is 342 g/mol. The molecule has 7 nitrogen and oxygen atoms in total. The molecule has 0 aliphatic carbocycles. The van der Waals surface area contributed by atoms with Gasteiger partial charge < -0.3 is 4.90 Å². The van der Waals surface area contributed by atoms with Crippen molar-refractivity contribution in [1.82, 2.24) is 30.0 Å². The van der Waals surface area contributed by atoms with Gasteiger partial charge in [0.25, 0.3) is 5.91 Å². The fraction of sp³-hybridized carbons (Fsp3) is 0.556. The summed E-state index contributed by atoms with van der Waals surface area (Å²) in [6.45, 7) is 6.92. The summed E-state index contributed by atoms with van der Waals surface area (Å²) >= 11 is 0. The molecular weight excluding hydrogens is 316 g/mol. The Labute approximate surface area is 148 Å². The van der Waals surface area contributed by atoms with Crippen molar-refractivity contribution in [2.24, 2.45) is 0 Å². The molecule has 1 fully saturated rings. The van der Waals surface area contributed by atoms with E-state index in [1.165, 1.54) is 0 Å². The van der Waals surface area contributed by atoms with Crippen molar-refractivity contribution >= 4 is 5.91 Å². The third kappa shape index (κ3) is 3.87. The van der Waals surface area contributed by atoms with Gasteiger partial charge in [0.2, 0.25) is 0 Å². The highest BCUT2D eigenvalue weighted by Gasteiger charge is 2.29. The third-order valence-corrected chi connectivity index (χ3v) is 4.63. The van der Waals surface area contributed by atoms with Crippen LogP contribution in [0.1, 0.15) is 59.5 Å². The molecule has 3 heterocycles. The Hall–Kier alpha value is -2.28. The summed E-state index contributed by atoms with van der Waals surface area (Å²) in [5, 5.41) is 7.13. The number of likely N-dealkylation sites (tertiary alicyclic amines) is 1. The van der Waals surface area contributed by atoms with Gasteiger partial charge in [0, 0.05) is 57.0 Å². The summed E-state index contributed by atoms with van der Waals surface area (Å²) in [6, 6.07) is 0. The molecule has 0 spiro atoms. The van der Waals surface area contributed by atoms with Crippen LogP contribution >= 0.6 is 0 Å². The second-order valence-corrected chi connectivity index (χ2v) is 7.22. The minimum atomic E-state index is -0.000116. The van der Waals surface area contributed by atoms with Crippen LogP contribution in [0.4, 0.5) is 0 Å². The molecule has 0 bridgehead atoms. The molecular formula is C18H26N6O. The van der Waals surface area contributed by atoms with Crippen LogP contribution in [0.5, 0.6) is 0 Å². The second-order valence-electron chi connectivity index (χ2n) is 7.22. The van der Waals surface area contributed by atoms with Crippen molar-refractivity contribution in [3.63, 3.8) is 0 Å². The molecule has 25 heavy (non-hydrogen) atoms. The predicted octanol–water partition coefficient (Wildman–Crippen LogP) is 2.01. The summed E-state index contributed by atoms with van der Waals surface area (Å²) in [5.74, 6) is 1.53. The van der Waals surface area contributed by atoms with Crippen molar-refractivity contribution in [1.29, 1.82) is 0 Å². The number of nitrogens with one attached hydrogen (secondary N) is 1. The predicted molar refractivity (Wildman–Crippen MR) is 95.4 cm³/mol. The molecule has 0 radical (unpaired) electrons. The van der Waals surface area contributed by atoms with Crippen LogP contribution in [0, 0.1) is 0 Å². The number of carbonyl (C=O) groups is 1. The molecule has 1 N–H and O–H groups in total. The van der Waals surface area contributed by atoms with Gasteiger partial charge in [-0.15, -0.1) is 0 Å². The molecule has 0 aromatic carbocycles. The molecule has 1 unspecified atom stereocenters. The summed E-state index contributed by atoms with van der Waals surface area (Å²) in [5.41, 5.74) is 2.76. The zero-order valence-corrected chi connectivity index (χ0v) is 15.4. The Morgan fingerprint density at radius 3 is 2.68 bits per heavy atom. The van der Waals surface area contributed by atoms with Gasteiger partial charge in [0.15, 0.2) is 0 Å². The number of hydrogen-bond donors (Lipinski definition) is 1. The summed E-state index contributed by atoms with van der Waals surface area (Å²) in [4.78, 5) is 25.1. The lowest BCUT2D eigenvalue weighted by atomic mass is 10.0. The number of aromatic nitrogens is 4. The molecule has 2 aromatic heterocycles. The molecule has 1 amide bonds. The van der Waals surface area contributed by atoms with Crippen molar-refractivity contribution in [3.05, 3.63) is 41.2 Å². The molecule has 1 aliphatic rings. The molecule has 7 heteroatoms. The van der Waals surface area contributed by atoms with E-state index in [2.05, 4.69) is 38.9 Å². The minimum absolute atomic E-state index is 0.000116. The smallest absolute Gasteiger partial charge is 0.256 e. The van der Waals surface area contributed by atoms with E-state index in [9.17, 15) is 4.79 Å². The second kappa shape index (κ2) is 7.31. The SMILES string of the molecule is CC(C)c1ncc(CN2CCC(c3[nH]ncc3C(=O)N(C)C)C2)cn1. The van der Waals surface area contributed by atoms with E-state index in [0.29, 0.717) is 17.4 Å². The fourth-order valence-corrected chi connectivity index (χ4v) is 3.23. The van der Waals surface area contributed by atoms with Crippen molar-refractivity contribution < 1.29 is 4.79 Å². The van der Waals surface area contributed by atoms with E-state index >= 15 is 0 Å². The van der Waals surface area contributed by atoms with E-state index in [-0.39, 0.29) is 5.91 Å². The number of H-pyrrole nitrogens is 1. The van der Waals surface area contributed by atoms with Crippen molar-refractivity contribution in [2.45, 2.75) is 38.6 Å². The number of aromatic amines is 1. The molecule has 134 valence electrons. The van der Waals surface area contributed by atoms with Gasteiger partial charge >= 0.3 is 0 Å². The molecule has 0 saturated carbocycles. The van der Waals surface area contributed by atoms with E-state index in [1.807, 2.05) is 12.4 Å². The number of carbonyl (C=O) groups excluding carboxylic acids is 1. The first-order valence-electron chi connectivity index (χ1n) is 8.73. The van der Waals surface area contributed by atoms with Crippen LogP contribution in [0.2, 0.25) is 0 Å². The Morgan fingerprint density at radius 2 is 2.04 bits per heavy atom. The van der Waals surface area contributed by atoms with Crippen LogP contribution < -0.4 is 0 Å². The quantitative estimate of drug-likeness (QED) is 0.899. The van der Waals surface area contributed by atoms with Gasteiger partial charge in [-0.1, -0.05) is 13.8 Å². The zero-order valence-electron chi connectivity index (χ0n) is 15.4. The van der Waals surface area contributed by atoms with Gasteiger partial charge in [-0.05, 0) is 13.0 Å². The van der Waals surface area contributed by atoms with Crippen LogP contribution in [0.3, 0.4) is 0 Å². The lowest BCUT2D eigenvalue weighted by Gasteiger charge is -2.17. The molecule has 1 aliphatic heterocycles. The first kappa shape index (κ1) is 17.5. The first-order chi connectivity index (χ1) is 12.0. The normalized spacial score (nSPS) is 18.0.